The first-order valence-electron chi connectivity index (χ1n) is 7.28. The lowest BCUT2D eigenvalue weighted by Gasteiger charge is -2.30. The molecule has 3 rings (SSSR count). The maximum absolute atomic E-state index is 6.02. The van der Waals surface area contributed by atoms with Crippen LogP contribution in [0, 0.1) is 5.92 Å². The fourth-order valence-electron chi connectivity index (χ4n) is 3.06. The lowest BCUT2D eigenvalue weighted by molar-refractivity contribution is 0.217. The number of piperidine rings is 1. The normalized spacial score (nSPS) is 20.1. The topological polar surface area (TPSA) is 54.2 Å². The number of nitrogens with one attached hydrogen (secondary N) is 1. The lowest BCUT2D eigenvalue weighted by atomic mass is 9.98. The highest BCUT2D eigenvalue weighted by Crippen LogP contribution is 2.28. The molecule has 1 unspecified atom stereocenters. The van der Waals surface area contributed by atoms with Gasteiger partial charge >= 0.3 is 0 Å². The van der Waals surface area contributed by atoms with Crippen molar-refractivity contribution in [2.45, 2.75) is 12.8 Å². The molecule has 1 aromatic heterocycles. The molecule has 0 amide bonds. The Kier molecular flexibility index (Phi) is 3.74. The zero-order valence-electron chi connectivity index (χ0n) is 12.0. The maximum Gasteiger partial charge on any atom is 0.0437 e. The van der Waals surface area contributed by atoms with Crippen LogP contribution >= 0.6 is 0 Å². The standard InChI is InChI=1S/C16H22N4/c1-20-8-2-3-12(11-20)9-19-16-5-4-15(17)13-6-7-18-10-14(13)16/h4-7,10,12,19H,2-3,8-9,11,17H2,1H3. The summed E-state index contributed by atoms with van der Waals surface area (Å²) in [5, 5.41) is 5.77. The van der Waals surface area contributed by atoms with Crippen LogP contribution in [0.3, 0.4) is 0 Å². The number of rotatable bonds is 3. The molecule has 4 heteroatoms. The fraction of sp³-hybridized carbons (Fsp3) is 0.438. The number of nitrogens with two attached hydrogens (primary N) is 1. The molecule has 0 spiro atoms. The second-order valence-electron chi connectivity index (χ2n) is 5.78. The molecule has 3 N–H and O–H groups in total. The largest absolute Gasteiger partial charge is 0.398 e. The van der Waals surface area contributed by atoms with E-state index in [2.05, 4.69) is 28.3 Å². The first-order chi connectivity index (χ1) is 9.74. The SMILES string of the molecule is CN1CCCC(CNc2ccc(N)c3ccncc23)C1. The number of hydrogen-bond donors (Lipinski definition) is 2. The van der Waals surface area contributed by atoms with E-state index in [1.807, 2.05) is 18.3 Å². The summed E-state index contributed by atoms with van der Waals surface area (Å²) < 4.78 is 0. The van der Waals surface area contributed by atoms with Crippen molar-refractivity contribution in [2.75, 3.05) is 37.7 Å². The number of nitrogen functional groups attached to an aromatic ring is 1. The number of benzene rings is 1. The summed E-state index contributed by atoms with van der Waals surface area (Å²) >= 11 is 0. The Morgan fingerprint density at radius 1 is 1.35 bits per heavy atom. The summed E-state index contributed by atoms with van der Waals surface area (Å²) in [5.74, 6) is 0.720. The van der Waals surface area contributed by atoms with Gasteiger partial charge in [-0.3, -0.25) is 4.98 Å². The zero-order valence-corrected chi connectivity index (χ0v) is 12.0. The summed E-state index contributed by atoms with van der Waals surface area (Å²) in [6.45, 7) is 3.42. The van der Waals surface area contributed by atoms with Crippen molar-refractivity contribution in [3.05, 3.63) is 30.6 Å². The van der Waals surface area contributed by atoms with Crippen LogP contribution in [-0.2, 0) is 0 Å². The van der Waals surface area contributed by atoms with E-state index >= 15 is 0 Å². The Morgan fingerprint density at radius 2 is 2.25 bits per heavy atom. The molecule has 1 aliphatic rings. The van der Waals surface area contributed by atoms with E-state index in [9.17, 15) is 0 Å². The van der Waals surface area contributed by atoms with Gasteiger partial charge in [0.1, 0.15) is 0 Å². The van der Waals surface area contributed by atoms with Crippen molar-refractivity contribution in [1.82, 2.24) is 9.88 Å². The lowest BCUT2D eigenvalue weighted by Crippen LogP contribution is -2.35. The minimum atomic E-state index is 0.720. The number of likely N-dealkylation sites (tertiary alicyclic amines) is 1. The Bertz CT molecular complexity index is 596. The van der Waals surface area contributed by atoms with Crippen LogP contribution in [0.4, 0.5) is 11.4 Å². The Hall–Kier alpha value is -1.81. The number of nitrogens with zero attached hydrogens (tertiary/aromatic N) is 2. The van der Waals surface area contributed by atoms with Gasteiger partial charge in [0.05, 0.1) is 0 Å². The molecule has 0 radical (unpaired) electrons. The van der Waals surface area contributed by atoms with E-state index in [1.165, 1.54) is 25.9 Å². The predicted octanol–water partition coefficient (Wildman–Crippen LogP) is 2.57. The van der Waals surface area contributed by atoms with Crippen molar-refractivity contribution in [3.63, 3.8) is 0 Å². The first kappa shape index (κ1) is 13.2. The summed E-state index contributed by atoms with van der Waals surface area (Å²) in [7, 11) is 2.20. The van der Waals surface area contributed by atoms with E-state index < -0.39 is 0 Å². The Morgan fingerprint density at radius 3 is 3.10 bits per heavy atom. The molecule has 2 aromatic rings. The summed E-state index contributed by atoms with van der Waals surface area (Å²) in [4.78, 5) is 6.63. The number of aromatic nitrogens is 1. The number of hydrogen-bond acceptors (Lipinski definition) is 4. The quantitative estimate of drug-likeness (QED) is 0.842. The smallest absolute Gasteiger partial charge is 0.0437 e. The number of pyridine rings is 1. The van der Waals surface area contributed by atoms with E-state index in [-0.39, 0.29) is 0 Å². The highest BCUT2D eigenvalue weighted by Gasteiger charge is 2.17. The molecule has 1 aliphatic heterocycles. The molecule has 0 bridgehead atoms. The molecule has 1 aromatic carbocycles. The van der Waals surface area contributed by atoms with E-state index in [1.54, 1.807) is 6.20 Å². The molecule has 0 aliphatic carbocycles. The summed E-state index contributed by atoms with van der Waals surface area (Å²) in [6, 6.07) is 6.01. The van der Waals surface area contributed by atoms with E-state index in [0.29, 0.717) is 0 Å². The molecule has 4 nitrogen and oxygen atoms in total. The van der Waals surface area contributed by atoms with Gasteiger partial charge in [0.25, 0.3) is 0 Å². The molecule has 20 heavy (non-hydrogen) atoms. The average molecular weight is 270 g/mol. The second-order valence-corrected chi connectivity index (χ2v) is 5.78. The third-order valence-corrected chi connectivity index (χ3v) is 4.16. The third-order valence-electron chi connectivity index (χ3n) is 4.16. The summed E-state index contributed by atoms with van der Waals surface area (Å²) in [5.41, 5.74) is 7.97. The molecule has 1 atom stereocenters. The van der Waals surface area contributed by atoms with Crippen LogP contribution in [-0.4, -0.2) is 36.6 Å². The highest BCUT2D eigenvalue weighted by molar-refractivity contribution is 6.00. The van der Waals surface area contributed by atoms with Crippen molar-refractivity contribution in [1.29, 1.82) is 0 Å². The Labute approximate surface area is 120 Å². The van der Waals surface area contributed by atoms with Crippen LogP contribution in [0.5, 0.6) is 0 Å². The van der Waals surface area contributed by atoms with Gasteiger partial charge < -0.3 is 16.0 Å². The first-order valence-corrected chi connectivity index (χ1v) is 7.28. The molecule has 1 saturated heterocycles. The van der Waals surface area contributed by atoms with Gasteiger partial charge in [-0.2, -0.15) is 0 Å². The zero-order chi connectivity index (χ0) is 13.9. The maximum atomic E-state index is 6.02. The summed E-state index contributed by atoms with van der Waals surface area (Å²) in [6.07, 6.45) is 6.29. The van der Waals surface area contributed by atoms with Crippen molar-refractivity contribution in [3.8, 4) is 0 Å². The molecule has 106 valence electrons. The second kappa shape index (κ2) is 5.67. The monoisotopic (exact) mass is 270 g/mol. The van der Waals surface area contributed by atoms with Crippen LogP contribution in [0.25, 0.3) is 10.8 Å². The van der Waals surface area contributed by atoms with Gasteiger partial charge in [0, 0.05) is 47.6 Å². The average Bonchev–Trinajstić information content (AvgIpc) is 2.47. The third kappa shape index (κ3) is 2.70. The molecule has 1 fully saturated rings. The van der Waals surface area contributed by atoms with E-state index in [0.717, 1.165) is 34.6 Å². The van der Waals surface area contributed by atoms with Gasteiger partial charge in [-0.05, 0) is 50.6 Å². The minimum absolute atomic E-state index is 0.720. The molecule has 0 saturated carbocycles. The van der Waals surface area contributed by atoms with Gasteiger partial charge in [-0.15, -0.1) is 0 Å². The van der Waals surface area contributed by atoms with Gasteiger partial charge in [-0.25, -0.2) is 0 Å². The van der Waals surface area contributed by atoms with E-state index in [4.69, 9.17) is 5.73 Å². The Balaban J connectivity index is 1.76. The highest BCUT2D eigenvalue weighted by atomic mass is 15.1. The number of fused-ring (bicyclic) bond motifs is 1. The predicted molar refractivity (Wildman–Crippen MR) is 84.9 cm³/mol. The van der Waals surface area contributed by atoms with Gasteiger partial charge in [-0.1, -0.05) is 0 Å². The van der Waals surface area contributed by atoms with Gasteiger partial charge in [0.2, 0.25) is 0 Å². The van der Waals surface area contributed by atoms with Crippen LogP contribution in [0.15, 0.2) is 30.6 Å². The minimum Gasteiger partial charge on any atom is -0.398 e. The van der Waals surface area contributed by atoms with Gasteiger partial charge in [0.15, 0.2) is 0 Å². The van der Waals surface area contributed by atoms with Crippen molar-refractivity contribution >= 4 is 22.1 Å². The van der Waals surface area contributed by atoms with Crippen LogP contribution < -0.4 is 11.1 Å². The van der Waals surface area contributed by atoms with Crippen LogP contribution in [0.1, 0.15) is 12.8 Å². The van der Waals surface area contributed by atoms with Crippen molar-refractivity contribution in [2.24, 2.45) is 5.92 Å². The molecular weight excluding hydrogens is 248 g/mol. The number of anilines is 2. The fourth-order valence-corrected chi connectivity index (χ4v) is 3.06. The van der Waals surface area contributed by atoms with Crippen LogP contribution in [0.2, 0.25) is 0 Å². The molecular formula is C16H22N4. The molecule has 2 heterocycles. The van der Waals surface area contributed by atoms with Crippen molar-refractivity contribution < 1.29 is 0 Å².